The third-order valence-corrected chi connectivity index (χ3v) is 3.57. The standard InChI is InChI=1S/C15H26N2O3/c1-13(10-17-6-2-3-7-17)16-9-14(18)11-19-12-15-5-4-8-20-15/h4-5,8,13-14,16,18H,2-3,6-7,9-12H2,1H3. The SMILES string of the molecule is CC(CN1CCCC1)NCC(O)COCc1ccco1. The smallest absolute Gasteiger partial charge is 0.129 e. The summed E-state index contributed by atoms with van der Waals surface area (Å²) in [4.78, 5) is 2.47. The topological polar surface area (TPSA) is 57.9 Å². The maximum Gasteiger partial charge on any atom is 0.129 e. The quantitative estimate of drug-likeness (QED) is 0.713. The van der Waals surface area contributed by atoms with Gasteiger partial charge in [-0.05, 0) is 45.0 Å². The van der Waals surface area contributed by atoms with Crippen LogP contribution in [0.2, 0.25) is 0 Å². The second-order valence-corrected chi connectivity index (χ2v) is 5.57. The molecule has 20 heavy (non-hydrogen) atoms. The second kappa shape index (κ2) is 8.42. The summed E-state index contributed by atoms with van der Waals surface area (Å²) in [5.41, 5.74) is 0. The van der Waals surface area contributed by atoms with E-state index in [1.54, 1.807) is 6.26 Å². The van der Waals surface area contributed by atoms with Crippen LogP contribution in [0.15, 0.2) is 22.8 Å². The fourth-order valence-electron chi connectivity index (χ4n) is 2.50. The Labute approximate surface area is 120 Å². The molecule has 1 fully saturated rings. The van der Waals surface area contributed by atoms with Crippen LogP contribution in [0.4, 0.5) is 0 Å². The molecule has 2 unspecified atom stereocenters. The molecule has 0 amide bonds. The van der Waals surface area contributed by atoms with E-state index in [0.29, 0.717) is 25.8 Å². The van der Waals surface area contributed by atoms with E-state index in [1.807, 2.05) is 12.1 Å². The highest BCUT2D eigenvalue weighted by Gasteiger charge is 2.15. The molecule has 0 bridgehead atoms. The number of rotatable bonds is 9. The van der Waals surface area contributed by atoms with E-state index < -0.39 is 6.10 Å². The molecule has 5 heteroatoms. The number of aliphatic hydroxyl groups is 1. The van der Waals surface area contributed by atoms with E-state index in [-0.39, 0.29) is 0 Å². The summed E-state index contributed by atoms with van der Waals surface area (Å²) < 4.78 is 10.6. The summed E-state index contributed by atoms with van der Waals surface area (Å²) in [6, 6.07) is 4.09. The van der Waals surface area contributed by atoms with Crippen molar-refractivity contribution in [2.75, 3.05) is 32.8 Å². The van der Waals surface area contributed by atoms with Gasteiger partial charge in [-0.25, -0.2) is 0 Å². The molecule has 2 rings (SSSR count). The number of likely N-dealkylation sites (tertiary alicyclic amines) is 1. The van der Waals surface area contributed by atoms with Crippen molar-refractivity contribution in [1.82, 2.24) is 10.2 Å². The fourth-order valence-corrected chi connectivity index (χ4v) is 2.50. The van der Waals surface area contributed by atoms with Gasteiger partial charge in [0, 0.05) is 19.1 Å². The summed E-state index contributed by atoms with van der Waals surface area (Å²) in [5, 5.41) is 13.2. The Morgan fingerprint density at radius 2 is 2.25 bits per heavy atom. The van der Waals surface area contributed by atoms with Crippen molar-refractivity contribution in [3.8, 4) is 0 Å². The van der Waals surface area contributed by atoms with Gasteiger partial charge >= 0.3 is 0 Å². The van der Waals surface area contributed by atoms with Gasteiger partial charge in [0.1, 0.15) is 12.4 Å². The normalized spacial score (nSPS) is 19.3. The Hall–Kier alpha value is -0.880. The van der Waals surface area contributed by atoms with Crippen molar-refractivity contribution in [1.29, 1.82) is 0 Å². The Morgan fingerprint density at radius 1 is 1.45 bits per heavy atom. The monoisotopic (exact) mass is 282 g/mol. The molecule has 0 spiro atoms. The second-order valence-electron chi connectivity index (χ2n) is 5.57. The predicted molar refractivity (Wildman–Crippen MR) is 77.5 cm³/mol. The molecule has 1 aliphatic heterocycles. The van der Waals surface area contributed by atoms with Crippen molar-refractivity contribution in [2.45, 2.75) is 38.5 Å². The molecule has 5 nitrogen and oxygen atoms in total. The molecule has 1 saturated heterocycles. The first-order valence-corrected chi connectivity index (χ1v) is 7.48. The van der Waals surface area contributed by atoms with Gasteiger partial charge in [0.05, 0.1) is 19.0 Å². The van der Waals surface area contributed by atoms with Crippen molar-refractivity contribution in [2.24, 2.45) is 0 Å². The molecule has 114 valence electrons. The zero-order valence-corrected chi connectivity index (χ0v) is 12.3. The van der Waals surface area contributed by atoms with E-state index in [0.717, 1.165) is 12.3 Å². The highest BCUT2D eigenvalue weighted by molar-refractivity contribution is 4.96. The molecule has 0 aromatic carbocycles. The lowest BCUT2D eigenvalue weighted by Crippen LogP contribution is -2.42. The summed E-state index contributed by atoms with van der Waals surface area (Å²) in [6.45, 7) is 6.93. The van der Waals surface area contributed by atoms with Crippen LogP contribution in [0, 0.1) is 0 Å². The minimum absolute atomic E-state index is 0.324. The number of hydrogen-bond donors (Lipinski definition) is 2. The maximum absolute atomic E-state index is 9.86. The number of furan rings is 1. The number of aliphatic hydroxyl groups excluding tert-OH is 1. The lowest BCUT2D eigenvalue weighted by Gasteiger charge is -2.22. The van der Waals surface area contributed by atoms with Gasteiger partial charge in [-0.1, -0.05) is 0 Å². The molecule has 2 heterocycles. The van der Waals surface area contributed by atoms with Crippen LogP contribution in [0.25, 0.3) is 0 Å². The summed E-state index contributed by atoms with van der Waals surface area (Å²) >= 11 is 0. The van der Waals surface area contributed by atoms with Gasteiger partial charge in [-0.3, -0.25) is 0 Å². The van der Waals surface area contributed by atoms with Gasteiger partial charge in [0.2, 0.25) is 0 Å². The summed E-state index contributed by atoms with van der Waals surface area (Å²) in [6.07, 6.45) is 3.77. The van der Waals surface area contributed by atoms with Crippen molar-refractivity contribution in [3.05, 3.63) is 24.2 Å². The van der Waals surface area contributed by atoms with E-state index in [2.05, 4.69) is 17.1 Å². The molecule has 0 aliphatic carbocycles. The minimum Gasteiger partial charge on any atom is -0.467 e. The van der Waals surface area contributed by atoms with E-state index >= 15 is 0 Å². The van der Waals surface area contributed by atoms with E-state index in [4.69, 9.17) is 9.15 Å². The van der Waals surface area contributed by atoms with Crippen molar-refractivity contribution < 1.29 is 14.3 Å². The van der Waals surface area contributed by atoms with Crippen LogP contribution in [-0.4, -0.2) is 54.9 Å². The lowest BCUT2D eigenvalue weighted by atomic mass is 10.3. The lowest BCUT2D eigenvalue weighted by molar-refractivity contribution is 0.0213. The highest BCUT2D eigenvalue weighted by atomic mass is 16.5. The summed E-state index contributed by atoms with van der Waals surface area (Å²) in [5.74, 6) is 0.785. The Balaban J connectivity index is 1.51. The average molecular weight is 282 g/mol. The van der Waals surface area contributed by atoms with Gasteiger partial charge in [-0.15, -0.1) is 0 Å². The predicted octanol–water partition coefficient (Wildman–Crippen LogP) is 1.23. The van der Waals surface area contributed by atoms with Crippen LogP contribution in [0.3, 0.4) is 0 Å². The van der Waals surface area contributed by atoms with Crippen LogP contribution >= 0.6 is 0 Å². The van der Waals surface area contributed by atoms with Gasteiger partial charge in [-0.2, -0.15) is 0 Å². The first-order valence-electron chi connectivity index (χ1n) is 7.48. The first kappa shape index (κ1) is 15.5. The van der Waals surface area contributed by atoms with Crippen LogP contribution in [0.1, 0.15) is 25.5 Å². The third kappa shape index (κ3) is 5.63. The van der Waals surface area contributed by atoms with Gasteiger partial charge in [0.25, 0.3) is 0 Å². The molecular formula is C15H26N2O3. The van der Waals surface area contributed by atoms with Gasteiger partial charge in [0.15, 0.2) is 0 Å². The molecule has 1 aliphatic rings. The maximum atomic E-state index is 9.86. The van der Waals surface area contributed by atoms with Crippen LogP contribution < -0.4 is 5.32 Å². The minimum atomic E-state index is -0.481. The zero-order chi connectivity index (χ0) is 14.2. The first-order chi connectivity index (χ1) is 9.74. The molecule has 1 aromatic rings. The van der Waals surface area contributed by atoms with E-state index in [1.165, 1.54) is 25.9 Å². The van der Waals surface area contributed by atoms with Crippen LogP contribution in [0.5, 0.6) is 0 Å². The Morgan fingerprint density at radius 3 is 2.95 bits per heavy atom. The third-order valence-electron chi connectivity index (χ3n) is 3.57. The Bertz CT molecular complexity index is 350. The zero-order valence-electron chi connectivity index (χ0n) is 12.3. The molecule has 0 radical (unpaired) electrons. The molecule has 2 N–H and O–H groups in total. The average Bonchev–Trinajstić information content (AvgIpc) is 3.09. The summed E-state index contributed by atoms with van der Waals surface area (Å²) in [7, 11) is 0. The Kier molecular flexibility index (Phi) is 6.53. The van der Waals surface area contributed by atoms with E-state index in [9.17, 15) is 5.11 Å². The van der Waals surface area contributed by atoms with Gasteiger partial charge < -0.3 is 24.5 Å². The molecule has 2 atom stereocenters. The number of nitrogens with one attached hydrogen (secondary N) is 1. The molecule has 0 saturated carbocycles. The number of nitrogens with zero attached hydrogens (tertiary/aromatic N) is 1. The number of ether oxygens (including phenoxy) is 1. The molecular weight excluding hydrogens is 256 g/mol. The number of hydrogen-bond acceptors (Lipinski definition) is 5. The molecule has 1 aromatic heterocycles. The largest absolute Gasteiger partial charge is 0.467 e. The van der Waals surface area contributed by atoms with Crippen LogP contribution in [-0.2, 0) is 11.3 Å². The van der Waals surface area contributed by atoms with Crippen molar-refractivity contribution in [3.63, 3.8) is 0 Å². The fraction of sp³-hybridized carbons (Fsp3) is 0.733. The highest BCUT2D eigenvalue weighted by Crippen LogP contribution is 2.07. The van der Waals surface area contributed by atoms with Crippen molar-refractivity contribution >= 4 is 0 Å².